The second-order valence-electron chi connectivity index (χ2n) is 4.47. The van der Waals surface area contributed by atoms with Crippen molar-refractivity contribution in [3.05, 3.63) is 28.5 Å². The van der Waals surface area contributed by atoms with Gasteiger partial charge in [0.1, 0.15) is 5.82 Å². The van der Waals surface area contributed by atoms with Gasteiger partial charge in [-0.05, 0) is 40.5 Å². The zero-order chi connectivity index (χ0) is 15.0. The van der Waals surface area contributed by atoms with E-state index >= 15 is 0 Å². The maximum Gasteiger partial charge on any atom is 0.321 e. The van der Waals surface area contributed by atoms with E-state index in [9.17, 15) is 9.18 Å². The molecule has 0 fully saturated rings. The number of carbonyl (C=O) groups is 1. The van der Waals surface area contributed by atoms with Gasteiger partial charge in [-0.1, -0.05) is 19.8 Å². The summed E-state index contributed by atoms with van der Waals surface area (Å²) >= 11 is 3.20. The highest BCUT2D eigenvalue weighted by molar-refractivity contribution is 9.10. The number of amides is 2. The number of halogens is 2. The van der Waals surface area contributed by atoms with Gasteiger partial charge in [-0.3, -0.25) is 0 Å². The maximum absolute atomic E-state index is 13.0. The van der Waals surface area contributed by atoms with Gasteiger partial charge in [0, 0.05) is 17.6 Å². The molecule has 0 unspecified atom stereocenters. The minimum atomic E-state index is -0.370. The van der Waals surface area contributed by atoms with Crippen LogP contribution in [0.3, 0.4) is 0 Å². The van der Waals surface area contributed by atoms with Gasteiger partial charge < -0.3 is 15.3 Å². The Bertz CT molecular complexity index is 443. The molecule has 0 heterocycles. The van der Waals surface area contributed by atoms with E-state index in [-0.39, 0.29) is 25.0 Å². The van der Waals surface area contributed by atoms with Gasteiger partial charge in [-0.15, -0.1) is 0 Å². The molecule has 0 radical (unpaired) electrons. The van der Waals surface area contributed by atoms with Crippen LogP contribution in [0.25, 0.3) is 0 Å². The van der Waals surface area contributed by atoms with Crippen molar-refractivity contribution in [2.24, 2.45) is 0 Å². The van der Waals surface area contributed by atoms with Crippen LogP contribution < -0.4 is 5.32 Å². The summed E-state index contributed by atoms with van der Waals surface area (Å²) in [7, 11) is 0. The number of urea groups is 1. The highest BCUT2D eigenvalue weighted by atomic mass is 79.9. The fraction of sp³-hybridized carbons (Fsp3) is 0.500. The quantitative estimate of drug-likeness (QED) is 0.741. The Morgan fingerprint density at radius 3 is 2.75 bits per heavy atom. The number of nitrogens with zero attached hydrogens (tertiary/aromatic N) is 1. The summed E-state index contributed by atoms with van der Waals surface area (Å²) in [5.74, 6) is -0.370. The number of unbranched alkanes of at least 4 members (excludes halogenated alkanes) is 2. The summed E-state index contributed by atoms with van der Waals surface area (Å²) in [4.78, 5) is 13.7. The smallest absolute Gasteiger partial charge is 0.321 e. The predicted molar refractivity (Wildman–Crippen MR) is 81.3 cm³/mol. The summed E-state index contributed by atoms with van der Waals surface area (Å²) < 4.78 is 13.5. The SMILES string of the molecule is CCCCCN(CCO)C(=O)Nc1ccc(F)cc1Br. The van der Waals surface area contributed by atoms with Crippen molar-refractivity contribution >= 4 is 27.6 Å². The van der Waals surface area contributed by atoms with Gasteiger partial charge in [0.15, 0.2) is 0 Å². The van der Waals surface area contributed by atoms with Crippen LogP contribution >= 0.6 is 15.9 Å². The van der Waals surface area contributed by atoms with Gasteiger partial charge >= 0.3 is 6.03 Å². The zero-order valence-corrected chi connectivity index (χ0v) is 13.1. The molecule has 2 amide bonds. The molecule has 0 spiro atoms. The molecule has 0 aliphatic carbocycles. The van der Waals surface area contributed by atoms with Crippen LogP contribution in [-0.4, -0.2) is 35.7 Å². The number of hydrogen-bond donors (Lipinski definition) is 2. The summed E-state index contributed by atoms with van der Waals surface area (Å²) in [5.41, 5.74) is 0.509. The molecule has 0 atom stereocenters. The lowest BCUT2D eigenvalue weighted by atomic mass is 10.2. The van der Waals surface area contributed by atoms with Crippen molar-refractivity contribution in [1.29, 1.82) is 0 Å². The van der Waals surface area contributed by atoms with Crippen molar-refractivity contribution in [2.45, 2.75) is 26.2 Å². The average molecular weight is 347 g/mol. The number of anilines is 1. The largest absolute Gasteiger partial charge is 0.395 e. The van der Waals surface area contributed by atoms with Gasteiger partial charge in [0.05, 0.1) is 12.3 Å². The molecular weight excluding hydrogens is 327 g/mol. The predicted octanol–water partition coefficient (Wildman–Crippen LogP) is 3.60. The maximum atomic E-state index is 13.0. The molecule has 0 saturated carbocycles. The lowest BCUT2D eigenvalue weighted by Gasteiger charge is -2.22. The Labute approximate surface area is 127 Å². The average Bonchev–Trinajstić information content (AvgIpc) is 2.41. The second-order valence-corrected chi connectivity index (χ2v) is 5.33. The fourth-order valence-electron chi connectivity index (χ4n) is 1.77. The zero-order valence-electron chi connectivity index (χ0n) is 11.5. The third kappa shape index (κ3) is 5.46. The van der Waals surface area contributed by atoms with Gasteiger partial charge in [0.2, 0.25) is 0 Å². The number of hydrogen-bond acceptors (Lipinski definition) is 2. The van der Waals surface area contributed by atoms with E-state index in [1.165, 1.54) is 18.2 Å². The molecule has 0 saturated heterocycles. The van der Waals surface area contributed by atoms with E-state index in [0.717, 1.165) is 19.3 Å². The first-order chi connectivity index (χ1) is 9.58. The molecule has 0 aromatic heterocycles. The fourth-order valence-corrected chi connectivity index (χ4v) is 2.22. The number of rotatable bonds is 7. The minimum Gasteiger partial charge on any atom is -0.395 e. The molecule has 1 aromatic rings. The first-order valence-corrected chi connectivity index (χ1v) is 7.49. The molecular formula is C14H20BrFN2O2. The number of carbonyl (C=O) groups excluding carboxylic acids is 1. The number of benzene rings is 1. The molecule has 20 heavy (non-hydrogen) atoms. The van der Waals surface area contributed by atoms with E-state index in [0.29, 0.717) is 16.7 Å². The van der Waals surface area contributed by atoms with Crippen molar-refractivity contribution < 1.29 is 14.3 Å². The molecule has 2 N–H and O–H groups in total. The standard InChI is InChI=1S/C14H20BrFN2O2/c1-2-3-4-7-18(8-9-19)14(20)17-13-6-5-11(16)10-12(13)15/h5-6,10,19H,2-4,7-9H2,1H3,(H,17,20). The van der Waals surface area contributed by atoms with Crippen molar-refractivity contribution in [3.8, 4) is 0 Å². The Morgan fingerprint density at radius 2 is 2.15 bits per heavy atom. The molecule has 1 rings (SSSR count). The van der Waals surface area contributed by atoms with E-state index in [1.807, 2.05) is 0 Å². The molecule has 6 heteroatoms. The van der Waals surface area contributed by atoms with Gasteiger partial charge in [0.25, 0.3) is 0 Å². The van der Waals surface area contributed by atoms with Crippen LogP contribution in [0.5, 0.6) is 0 Å². The lowest BCUT2D eigenvalue weighted by molar-refractivity contribution is 0.187. The van der Waals surface area contributed by atoms with Crippen LogP contribution in [0, 0.1) is 5.82 Å². The first kappa shape index (κ1) is 16.9. The molecule has 0 aliphatic heterocycles. The van der Waals surface area contributed by atoms with E-state index < -0.39 is 0 Å². The minimum absolute atomic E-state index is 0.0792. The number of nitrogens with one attached hydrogen (secondary N) is 1. The van der Waals surface area contributed by atoms with Gasteiger partial charge in [-0.25, -0.2) is 9.18 Å². The number of aliphatic hydroxyl groups is 1. The summed E-state index contributed by atoms with van der Waals surface area (Å²) in [6.45, 7) is 2.89. The van der Waals surface area contributed by atoms with Crippen LogP contribution in [0.4, 0.5) is 14.9 Å². The van der Waals surface area contributed by atoms with Gasteiger partial charge in [-0.2, -0.15) is 0 Å². The Kier molecular flexibility index (Phi) is 7.54. The molecule has 1 aromatic carbocycles. The van der Waals surface area contributed by atoms with E-state index in [1.54, 1.807) is 4.90 Å². The third-order valence-electron chi connectivity index (χ3n) is 2.86. The summed E-state index contributed by atoms with van der Waals surface area (Å²) in [5, 5.41) is 11.7. The molecule has 4 nitrogen and oxygen atoms in total. The second kappa shape index (κ2) is 8.92. The highest BCUT2D eigenvalue weighted by Crippen LogP contribution is 2.23. The van der Waals surface area contributed by atoms with Crippen molar-refractivity contribution in [3.63, 3.8) is 0 Å². The van der Waals surface area contributed by atoms with Crippen LogP contribution in [-0.2, 0) is 0 Å². The summed E-state index contributed by atoms with van der Waals surface area (Å²) in [6.07, 6.45) is 3.00. The van der Waals surface area contributed by atoms with Crippen LogP contribution in [0.15, 0.2) is 22.7 Å². The monoisotopic (exact) mass is 346 g/mol. The van der Waals surface area contributed by atoms with Crippen LogP contribution in [0.1, 0.15) is 26.2 Å². The Hall–Kier alpha value is -1.14. The number of aliphatic hydroxyl groups excluding tert-OH is 1. The molecule has 112 valence electrons. The van der Waals surface area contributed by atoms with Crippen LogP contribution in [0.2, 0.25) is 0 Å². The first-order valence-electron chi connectivity index (χ1n) is 6.70. The topological polar surface area (TPSA) is 52.6 Å². The van der Waals surface area contributed by atoms with Crippen molar-refractivity contribution in [2.75, 3.05) is 25.0 Å². The van der Waals surface area contributed by atoms with Crippen molar-refractivity contribution in [1.82, 2.24) is 4.90 Å². The normalized spacial score (nSPS) is 10.4. The Balaban J connectivity index is 2.64. The third-order valence-corrected chi connectivity index (χ3v) is 3.52. The molecule has 0 aliphatic rings. The summed E-state index contributed by atoms with van der Waals surface area (Å²) in [6, 6.07) is 3.79. The Morgan fingerprint density at radius 1 is 1.40 bits per heavy atom. The molecule has 0 bridgehead atoms. The lowest BCUT2D eigenvalue weighted by Crippen LogP contribution is -2.37. The van der Waals surface area contributed by atoms with E-state index in [2.05, 4.69) is 28.2 Å². The van der Waals surface area contributed by atoms with E-state index in [4.69, 9.17) is 5.11 Å². The highest BCUT2D eigenvalue weighted by Gasteiger charge is 2.14.